The summed E-state index contributed by atoms with van der Waals surface area (Å²) in [5, 5.41) is 25.1. The number of para-hydroxylation sites is 2. The number of halogens is 9. The summed E-state index contributed by atoms with van der Waals surface area (Å²) in [6.45, 7) is 1.56. The van der Waals surface area contributed by atoms with Crippen molar-refractivity contribution >= 4 is 141 Å². The van der Waals surface area contributed by atoms with Gasteiger partial charge in [-0.1, -0.05) is 66.5 Å². The maximum Gasteiger partial charge on any atom is 0.277 e. The number of ketones is 1. The third kappa shape index (κ3) is 19.9. The minimum atomic E-state index is -3.84. The normalized spacial score (nSPS) is 12.0. The predicted molar refractivity (Wildman–Crippen MR) is 394 cm³/mol. The summed E-state index contributed by atoms with van der Waals surface area (Å²) in [4.78, 5) is 66.0. The molecule has 1 aliphatic carbocycles. The number of amides is 2. The van der Waals surface area contributed by atoms with E-state index in [1.54, 1.807) is 123 Å². The van der Waals surface area contributed by atoms with Gasteiger partial charge in [0.1, 0.15) is 34.4 Å². The molecule has 1 saturated carbocycles. The number of carbonyl (C=O) groups is 3. The van der Waals surface area contributed by atoms with Crippen LogP contribution in [0.15, 0.2) is 180 Å². The van der Waals surface area contributed by atoms with Crippen molar-refractivity contribution in [3.8, 4) is 28.2 Å². The van der Waals surface area contributed by atoms with Crippen molar-refractivity contribution in [3.63, 3.8) is 0 Å². The van der Waals surface area contributed by atoms with E-state index in [9.17, 15) is 50.3 Å². The molecule has 4 aromatic heterocycles. The Labute approximate surface area is 612 Å². The van der Waals surface area contributed by atoms with Crippen LogP contribution >= 0.6 is 68.4 Å². The molecule has 1 atom stereocenters. The fourth-order valence-electron chi connectivity index (χ4n) is 9.81. The third-order valence-electron chi connectivity index (χ3n) is 15.2. The molecule has 7 aromatic carbocycles. The quantitative estimate of drug-likeness (QED) is 0.0109. The number of fused-ring (bicyclic) bond motifs is 2. The molecule has 524 valence electrons. The number of hydroxylamine groups is 1. The zero-order valence-electron chi connectivity index (χ0n) is 53.3. The number of rotatable bonds is 21. The number of carbonyl (C=O) groups excluding carboxylic acids is 3. The third-order valence-corrected chi connectivity index (χ3v) is 18.5. The number of aliphatic hydroxyl groups is 2. The molecule has 0 aliphatic heterocycles. The second-order valence-electron chi connectivity index (χ2n) is 22.5. The topological polar surface area (TPSA) is 290 Å². The fourth-order valence-corrected chi connectivity index (χ4v) is 12.4. The molecule has 101 heavy (non-hydrogen) atoms. The molecule has 0 unspecified atom stereocenters. The molecular formula is C72H61Cl2F5I2N8O11S. The van der Waals surface area contributed by atoms with Gasteiger partial charge < -0.3 is 40.7 Å². The van der Waals surface area contributed by atoms with Crippen molar-refractivity contribution in [3.05, 3.63) is 260 Å². The number of nitrogen functional groups attached to an aromatic ring is 1. The Morgan fingerprint density at radius 2 is 1.50 bits per heavy atom. The molecule has 19 nitrogen and oxygen atoms in total. The van der Waals surface area contributed by atoms with Crippen molar-refractivity contribution in [1.82, 2.24) is 25.7 Å². The predicted octanol–water partition coefficient (Wildman–Crippen LogP) is 15.1. The van der Waals surface area contributed by atoms with E-state index in [0.29, 0.717) is 102 Å². The number of aromatic nitrogens is 3. The molecule has 0 radical (unpaired) electrons. The lowest BCUT2D eigenvalue weighted by Gasteiger charge is -2.15. The van der Waals surface area contributed by atoms with Crippen LogP contribution in [0.1, 0.15) is 74.0 Å². The van der Waals surface area contributed by atoms with E-state index >= 15 is 4.39 Å². The number of ether oxygens (including phenoxy) is 1. The lowest BCUT2D eigenvalue weighted by Crippen LogP contribution is -2.34. The van der Waals surface area contributed by atoms with Crippen LogP contribution < -0.4 is 36.7 Å². The van der Waals surface area contributed by atoms with Crippen LogP contribution in [0, 0.1) is 42.1 Å². The maximum absolute atomic E-state index is 15.1. The summed E-state index contributed by atoms with van der Waals surface area (Å²) in [6, 6.07) is 38.0. The summed E-state index contributed by atoms with van der Waals surface area (Å²) < 4.78 is 110. The van der Waals surface area contributed by atoms with Crippen molar-refractivity contribution in [2.45, 2.75) is 38.7 Å². The van der Waals surface area contributed by atoms with Crippen LogP contribution in [0.25, 0.3) is 44.5 Å². The number of nitrogens with two attached hydrogens (primary N) is 1. The Balaban J connectivity index is 0.000000160. The number of benzene rings is 7. The number of anilines is 4. The smallest absolute Gasteiger partial charge is 0.277 e. The van der Waals surface area contributed by atoms with E-state index in [-0.39, 0.29) is 46.8 Å². The number of nitrogens with zero attached hydrogens (tertiary/aromatic N) is 2. The van der Waals surface area contributed by atoms with Crippen LogP contribution in [0.5, 0.6) is 5.75 Å². The monoisotopic (exact) mass is 1660 g/mol. The van der Waals surface area contributed by atoms with Gasteiger partial charge >= 0.3 is 0 Å². The number of sulfonamides is 1. The lowest BCUT2D eigenvalue weighted by atomic mass is 10.00. The number of methoxy groups -OCH3 is 1. The summed E-state index contributed by atoms with van der Waals surface area (Å²) in [6.07, 6.45) is 7.58. The number of nitrogens with one attached hydrogen (secondary N) is 5. The molecule has 1 fully saturated rings. The van der Waals surface area contributed by atoms with Crippen LogP contribution in [-0.2, 0) is 21.3 Å². The number of hydrogen-bond donors (Lipinski definition) is 8. The highest BCUT2D eigenvalue weighted by atomic mass is 127. The van der Waals surface area contributed by atoms with Gasteiger partial charge in [0.05, 0.1) is 76.5 Å². The number of aromatic amines is 1. The summed E-state index contributed by atoms with van der Waals surface area (Å²) in [5.74, 6) is -5.76. The summed E-state index contributed by atoms with van der Waals surface area (Å²) in [5.41, 5.74) is 11.7. The van der Waals surface area contributed by atoms with E-state index in [4.69, 9.17) is 48.0 Å². The Morgan fingerprint density at radius 1 is 0.772 bits per heavy atom. The van der Waals surface area contributed by atoms with Gasteiger partial charge in [0.15, 0.2) is 22.9 Å². The van der Waals surface area contributed by atoms with Crippen LogP contribution in [0.4, 0.5) is 44.7 Å². The first-order valence-electron chi connectivity index (χ1n) is 30.6. The number of pyridine rings is 2. The summed E-state index contributed by atoms with van der Waals surface area (Å²) in [7, 11) is -2.29. The molecule has 29 heteroatoms. The number of H-pyrrole nitrogens is 1. The molecule has 0 saturated heterocycles. The molecule has 4 heterocycles. The van der Waals surface area contributed by atoms with E-state index in [2.05, 4.69) is 58.4 Å². The Kier molecular flexibility index (Phi) is 26.4. The zero-order chi connectivity index (χ0) is 72.7. The number of aliphatic hydroxyl groups excluding tert-OH is 2. The van der Waals surface area contributed by atoms with Crippen molar-refractivity contribution in [2.24, 2.45) is 5.92 Å². The fraction of sp³-hybridized carbons (Fsp3) is 0.167. The number of hydrogen-bond acceptors (Lipinski definition) is 15. The highest BCUT2D eigenvalue weighted by Crippen LogP contribution is 2.36. The molecule has 0 bridgehead atoms. The SMILES string of the molecule is CCCS(=O)(=O)Nc1ccc(F)c(C(=O)c2c[nH]c3ncc(-c4ccc(Cl)cc4)cc23)c1F.COc1cccc(-c2cc(=O)c3ccccc3o2)c1N.O=C(NC[C@H](O)CO)c1ccncc1Cc1ccc(I)cc1F.O=C(NOCC1CC1)c1ccc(F)c(F)c1Nc1ccc(I)cc1Cl. The van der Waals surface area contributed by atoms with E-state index in [1.807, 2.05) is 28.7 Å². The van der Waals surface area contributed by atoms with Gasteiger partial charge in [-0.3, -0.25) is 33.7 Å². The maximum atomic E-state index is 15.1. The second-order valence-corrected chi connectivity index (χ2v) is 27.6. The molecule has 12 rings (SSSR count). The van der Waals surface area contributed by atoms with Gasteiger partial charge in [0, 0.05) is 83.6 Å². The largest absolute Gasteiger partial charge is 0.495 e. The van der Waals surface area contributed by atoms with E-state index in [1.165, 1.54) is 36.8 Å². The lowest BCUT2D eigenvalue weighted by molar-refractivity contribution is 0.0270. The first-order valence-corrected chi connectivity index (χ1v) is 35.2. The van der Waals surface area contributed by atoms with Gasteiger partial charge in [0.2, 0.25) is 15.8 Å². The average Bonchev–Trinajstić information content (AvgIpc) is 1.56. The van der Waals surface area contributed by atoms with Gasteiger partial charge in [-0.15, -0.1) is 0 Å². The Bertz CT molecular complexity index is 5040. The van der Waals surface area contributed by atoms with Crippen LogP contribution in [-0.4, -0.2) is 89.9 Å². The summed E-state index contributed by atoms with van der Waals surface area (Å²) >= 11 is 16.2. The van der Waals surface area contributed by atoms with Crippen molar-refractivity contribution in [2.75, 3.05) is 48.4 Å². The van der Waals surface area contributed by atoms with Gasteiger partial charge in [-0.25, -0.2) is 40.8 Å². The van der Waals surface area contributed by atoms with Crippen LogP contribution in [0.3, 0.4) is 0 Å². The zero-order valence-corrected chi connectivity index (χ0v) is 60.0. The molecule has 11 aromatic rings. The Morgan fingerprint density at radius 3 is 2.21 bits per heavy atom. The van der Waals surface area contributed by atoms with Crippen molar-refractivity contribution < 1.29 is 69.0 Å². The van der Waals surface area contributed by atoms with Crippen molar-refractivity contribution in [1.29, 1.82) is 0 Å². The molecule has 1 aliphatic rings. The highest BCUT2D eigenvalue weighted by molar-refractivity contribution is 14.1. The van der Waals surface area contributed by atoms with Gasteiger partial charge in [0.25, 0.3) is 11.8 Å². The molecule has 2 amide bonds. The Hall–Kier alpha value is -9.08. The van der Waals surface area contributed by atoms with Gasteiger partial charge in [-0.2, -0.15) is 0 Å². The average molecular weight is 1670 g/mol. The first-order chi connectivity index (χ1) is 48.4. The minimum absolute atomic E-state index is 0.000297. The van der Waals surface area contributed by atoms with Crippen LogP contribution in [0.2, 0.25) is 10.0 Å². The van der Waals surface area contributed by atoms with Gasteiger partial charge in [-0.05, 0) is 190 Å². The van der Waals surface area contributed by atoms with E-state index in [0.717, 1.165) is 43.7 Å². The van der Waals surface area contributed by atoms with E-state index < -0.39 is 74.9 Å². The first kappa shape index (κ1) is 76.1. The molecule has 0 spiro atoms. The highest BCUT2D eigenvalue weighted by Gasteiger charge is 2.28. The molecular weight excluding hydrogens is 1600 g/mol. The molecule has 9 N–H and O–H groups in total. The minimum Gasteiger partial charge on any atom is -0.495 e. The standard InChI is InChI=1S/C23H18ClF2N3O3S.C17H14ClF2IN2O2.C16H16FIN2O3.C16H13NO3/c1-2-9-33(31,32)29-19-8-7-18(25)20(21(19)26)22(30)17-12-28-23-16(17)10-14(11-27-23)13-3-5-15(24)6-4-13;18-12-7-10(21)3-6-14(12)22-16-11(4-5-13(19)15(16)20)17(24)23-25-8-9-1-2-9;17-15-6-12(18)2-1-10(15)5-11-7-19-4-3-14(11)16(23)20-8-13(22)9-21;1-19-14-8-4-6-11(16(14)17)15-9-12(18)10-5-2-3-7-13(10)20-15/h3-8,10-12,29H,2,9H2,1H3,(H,27,28);3-7,9,22H,1-2,8H2,(H,23,24);1-4,6-7,13,21-22H,5,8-9H2,(H,20,23);2-9H,17H2,1H3/t;;13-;/m..0./s1. The second kappa shape index (κ2) is 35.0.